The van der Waals surface area contributed by atoms with Gasteiger partial charge in [0.25, 0.3) is 5.91 Å². The van der Waals surface area contributed by atoms with Crippen molar-refractivity contribution in [2.75, 3.05) is 18.6 Å². The molecule has 1 amide bonds. The lowest BCUT2D eigenvalue weighted by Gasteiger charge is -2.20. The molecule has 0 unspecified atom stereocenters. The summed E-state index contributed by atoms with van der Waals surface area (Å²) in [5, 5.41) is 21.2. The molecule has 3 aromatic carbocycles. The van der Waals surface area contributed by atoms with E-state index in [9.17, 15) is 10.1 Å². The van der Waals surface area contributed by atoms with Crippen LogP contribution in [-0.2, 0) is 24.9 Å². The van der Waals surface area contributed by atoms with Crippen molar-refractivity contribution in [2.24, 2.45) is 7.05 Å². The predicted octanol–water partition coefficient (Wildman–Crippen LogP) is 5.32. The summed E-state index contributed by atoms with van der Waals surface area (Å²) >= 11 is 0. The van der Waals surface area contributed by atoms with E-state index in [4.69, 9.17) is 4.74 Å². The maximum Gasteiger partial charge on any atom is 0.259 e. The molecule has 1 aliphatic heterocycles. The average molecular weight is 551 g/mol. The number of ether oxygens (including phenoxy) is 1. The molecule has 1 aliphatic carbocycles. The van der Waals surface area contributed by atoms with Crippen molar-refractivity contribution in [3.05, 3.63) is 88.5 Å². The van der Waals surface area contributed by atoms with Crippen molar-refractivity contribution in [1.29, 1.82) is 5.26 Å². The zero-order valence-electron chi connectivity index (χ0n) is 23.3. The number of halogens is 1. The van der Waals surface area contributed by atoms with Crippen LogP contribution in [0.4, 0.5) is 10.1 Å². The molecule has 208 valence electrons. The Bertz CT molecular complexity index is 1690. The van der Waals surface area contributed by atoms with Crippen molar-refractivity contribution in [1.82, 2.24) is 20.1 Å². The first-order chi connectivity index (χ1) is 19.9. The van der Waals surface area contributed by atoms with Gasteiger partial charge in [0, 0.05) is 49.1 Å². The summed E-state index contributed by atoms with van der Waals surface area (Å²) in [4.78, 5) is 15.4. The molecule has 8 nitrogen and oxygen atoms in total. The van der Waals surface area contributed by atoms with Crippen molar-refractivity contribution in [3.8, 4) is 28.6 Å². The summed E-state index contributed by atoms with van der Waals surface area (Å²) in [6.07, 6.45) is 3.81. The number of benzene rings is 3. The summed E-state index contributed by atoms with van der Waals surface area (Å²) in [7, 11) is 3.50. The van der Waals surface area contributed by atoms with Gasteiger partial charge in [-0.25, -0.2) is 4.39 Å². The quantitative estimate of drug-likeness (QED) is 0.303. The monoisotopic (exact) mass is 550 g/mol. The van der Waals surface area contributed by atoms with Gasteiger partial charge in [0.05, 0.1) is 24.8 Å². The van der Waals surface area contributed by atoms with E-state index in [0.717, 1.165) is 46.3 Å². The number of nitrogens with zero attached hydrogens (tertiary/aromatic N) is 5. The van der Waals surface area contributed by atoms with E-state index >= 15 is 4.39 Å². The highest BCUT2D eigenvalue weighted by Crippen LogP contribution is 2.45. The smallest absolute Gasteiger partial charge is 0.259 e. The number of aryl methyl sites for hydroxylation is 1. The Morgan fingerprint density at radius 3 is 2.68 bits per heavy atom. The molecule has 41 heavy (non-hydrogen) atoms. The van der Waals surface area contributed by atoms with Gasteiger partial charge >= 0.3 is 0 Å². The molecule has 2 aliphatic rings. The maximum atomic E-state index is 15.3. The zero-order chi connectivity index (χ0) is 28.7. The second kappa shape index (κ2) is 10.9. The van der Waals surface area contributed by atoms with Gasteiger partial charge < -0.3 is 19.5 Å². The van der Waals surface area contributed by atoms with Crippen LogP contribution in [0.3, 0.4) is 0 Å². The lowest BCUT2D eigenvalue weighted by atomic mass is 9.94. The van der Waals surface area contributed by atoms with Gasteiger partial charge in [0.15, 0.2) is 5.82 Å². The minimum Gasteiger partial charge on any atom is -0.383 e. The van der Waals surface area contributed by atoms with Gasteiger partial charge in [-0.05, 0) is 84.3 Å². The lowest BCUT2D eigenvalue weighted by Crippen LogP contribution is -2.29. The van der Waals surface area contributed by atoms with Crippen LogP contribution in [0.1, 0.15) is 58.3 Å². The molecule has 9 heteroatoms. The number of amides is 1. The Hall–Kier alpha value is -4.39. The van der Waals surface area contributed by atoms with Crippen LogP contribution in [0.5, 0.6) is 0 Å². The number of fused-ring (bicyclic) bond motifs is 1. The summed E-state index contributed by atoms with van der Waals surface area (Å²) in [5.74, 6) is 0.486. The Morgan fingerprint density at radius 2 is 1.98 bits per heavy atom. The predicted molar refractivity (Wildman–Crippen MR) is 154 cm³/mol. The van der Waals surface area contributed by atoms with Gasteiger partial charge in [-0.2, -0.15) is 5.26 Å². The average Bonchev–Trinajstić information content (AvgIpc) is 3.66. The number of anilines is 1. The summed E-state index contributed by atoms with van der Waals surface area (Å²) < 4.78 is 22.3. The van der Waals surface area contributed by atoms with Crippen LogP contribution >= 0.6 is 0 Å². The number of carbonyl (C=O) groups excluding carboxylic acids is 1. The zero-order valence-corrected chi connectivity index (χ0v) is 23.3. The van der Waals surface area contributed by atoms with Gasteiger partial charge in [0.1, 0.15) is 12.1 Å². The van der Waals surface area contributed by atoms with Crippen molar-refractivity contribution in [2.45, 2.75) is 44.8 Å². The Morgan fingerprint density at radius 1 is 1.15 bits per heavy atom. The molecule has 6 rings (SSSR count). The number of carbonyl (C=O) groups is 1. The highest BCUT2D eigenvalue weighted by atomic mass is 19.1. The highest BCUT2D eigenvalue weighted by Gasteiger charge is 2.33. The SMILES string of the molecule is COC[C@H](C)NCc1cc(F)c2c(c1)C(=O)N(c1cc(-c3ccc(C#N)cc3-c3nncn3C)cc(C3CC3)c1)C2. The topological polar surface area (TPSA) is 96.1 Å². The van der Waals surface area contributed by atoms with E-state index in [1.165, 1.54) is 6.07 Å². The lowest BCUT2D eigenvalue weighted by molar-refractivity contribution is 0.0996. The maximum absolute atomic E-state index is 15.3. The fraction of sp³-hybridized carbons (Fsp3) is 0.312. The summed E-state index contributed by atoms with van der Waals surface area (Å²) in [6.45, 7) is 3.14. The van der Waals surface area contributed by atoms with Gasteiger partial charge in [-0.3, -0.25) is 4.79 Å². The number of nitrogens with one attached hydrogen (secondary N) is 1. The number of aromatic nitrogens is 3. The molecule has 1 saturated carbocycles. The van der Waals surface area contributed by atoms with Crippen LogP contribution in [0.15, 0.2) is 54.9 Å². The second-order valence-corrected chi connectivity index (χ2v) is 11.0. The van der Waals surface area contributed by atoms with Crippen molar-refractivity contribution < 1.29 is 13.9 Å². The molecular weight excluding hydrogens is 519 g/mol. The molecular formula is C32H31FN6O2. The van der Waals surface area contributed by atoms with E-state index in [2.05, 4.69) is 33.7 Å². The number of rotatable bonds is 9. The molecule has 0 bridgehead atoms. The Balaban J connectivity index is 1.38. The fourth-order valence-electron chi connectivity index (χ4n) is 5.51. The van der Waals surface area contributed by atoms with E-state index in [1.54, 1.807) is 30.5 Å². The molecule has 1 aromatic heterocycles. The molecule has 1 atom stereocenters. The first kappa shape index (κ1) is 26.8. The highest BCUT2D eigenvalue weighted by molar-refractivity contribution is 6.10. The third-order valence-electron chi connectivity index (χ3n) is 7.83. The van der Waals surface area contributed by atoms with Crippen LogP contribution in [0.25, 0.3) is 22.5 Å². The largest absolute Gasteiger partial charge is 0.383 e. The number of hydrogen-bond acceptors (Lipinski definition) is 6. The fourth-order valence-corrected chi connectivity index (χ4v) is 5.51. The Kier molecular flexibility index (Phi) is 7.12. The number of methoxy groups -OCH3 is 1. The molecule has 4 aromatic rings. The van der Waals surface area contributed by atoms with Crippen LogP contribution in [0, 0.1) is 17.1 Å². The van der Waals surface area contributed by atoms with E-state index in [1.807, 2.05) is 36.7 Å². The van der Waals surface area contributed by atoms with Gasteiger partial charge in [0.2, 0.25) is 0 Å². The van der Waals surface area contributed by atoms with Gasteiger partial charge in [-0.1, -0.05) is 12.1 Å². The third-order valence-corrected chi connectivity index (χ3v) is 7.83. The molecule has 2 heterocycles. The van der Waals surface area contributed by atoms with Crippen LogP contribution < -0.4 is 10.2 Å². The van der Waals surface area contributed by atoms with Crippen molar-refractivity contribution >= 4 is 11.6 Å². The summed E-state index contributed by atoms with van der Waals surface area (Å²) in [6, 6.07) is 17.3. The molecule has 0 saturated heterocycles. The first-order valence-corrected chi connectivity index (χ1v) is 13.8. The van der Waals surface area contributed by atoms with Crippen LogP contribution in [0.2, 0.25) is 0 Å². The van der Waals surface area contributed by atoms with E-state index in [0.29, 0.717) is 41.6 Å². The number of nitriles is 1. The molecule has 1 fully saturated rings. The minimum absolute atomic E-state index is 0.0979. The van der Waals surface area contributed by atoms with Gasteiger partial charge in [-0.15, -0.1) is 10.2 Å². The van der Waals surface area contributed by atoms with E-state index < -0.39 is 0 Å². The minimum atomic E-state index is -0.371. The van der Waals surface area contributed by atoms with Crippen LogP contribution in [-0.4, -0.2) is 40.4 Å². The van der Waals surface area contributed by atoms with E-state index in [-0.39, 0.29) is 24.3 Å². The standard InChI is InChI=1S/C32H31FN6O2/c1-19(17-41-3)35-15-21-9-28-29(30(33)10-21)16-39(32(28)40)25-12-23(22-5-6-22)11-24(13-25)26-7-4-20(14-34)8-27(26)31-37-36-18-38(31)2/h4,7-13,18-19,22,35H,5-6,15-17H2,1-3H3/t19-/m0/s1. The normalized spacial score (nSPS) is 15.2. The second-order valence-electron chi connectivity index (χ2n) is 11.0. The Labute approximate surface area is 238 Å². The van der Waals surface area contributed by atoms with Crippen molar-refractivity contribution in [3.63, 3.8) is 0 Å². The summed E-state index contributed by atoms with van der Waals surface area (Å²) in [5.41, 5.74) is 6.51. The molecule has 0 spiro atoms. The first-order valence-electron chi connectivity index (χ1n) is 13.8. The third kappa shape index (κ3) is 5.24. The molecule has 0 radical (unpaired) electrons. The number of hydrogen-bond donors (Lipinski definition) is 1. The molecule has 1 N–H and O–H groups in total.